The number of hydrogen-bond acceptors (Lipinski definition) is 3. The standard InChI is InChI=1S/C10H9F3N4S/c11-10(12,13)3-6-17-8(15-16-9(17)18)7-1-4-14-5-2-7/h1-2,4-5H,3,6H2,(H,16,18). The van der Waals surface area contributed by atoms with Crippen molar-refractivity contribution in [3.05, 3.63) is 29.3 Å². The van der Waals surface area contributed by atoms with Crippen LogP contribution >= 0.6 is 12.2 Å². The molecule has 0 aliphatic rings. The Bertz CT molecular complexity index is 573. The second kappa shape index (κ2) is 4.89. The van der Waals surface area contributed by atoms with Crippen LogP contribution in [0.15, 0.2) is 24.5 Å². The van der Waals surface area contributed by atoms with Gasteiger partial charge in [0.15, 0.2) is 10.6 Å². The number of alkyl halides is 3. The first-order valence-corrected chi connectivity index (χ1v) is 5.50. The summed E-state index contributed by atoms with van der Waals surface area (Å²) >= 11 is 4.92. The minimum atomic E-state index is -4.22. The van der Waals surface area contributed by atoms with Crippen molar-refractivity contribution < 1.29 is 13.2 Å². The van der Waals surface area contributed by atoms with E-state index in [1.807, 2.05) is 0 Å². The molecule has 2 aromatic rings. The van der Waals surface area contributed by atoms with Crippen molar-refractivity contribution in [1.29, 1.82) is 0 Å². The Morgan fingerprint density at radius 1 is 1.28 bits per heavy atom. The Hall–Kier alpha value is -1.70. The Morgan fingerprint density at radius 3 is 2.56 bits per heavy atom. The van der Waals surface area contributed by atoms with Crippen molar-refractivity contribution in [1.82, 2.24) is 19.7 Å². The summed E-state index contributed by atoms with van der Waals surface area (Å²) in [6, 6.07) is 3.32. The monoisotopic (exact) mass is 274 g/mol. The van der Waals surface area contributed by atoms with Crippen LogP contribution in [0.3, 0.4) is 0 Å². The highest BCUT2D eigenvalue weighted by Gasteiger charge is 2.27. The van der Waals surface area contributed by atoms with Crippen LogP contribution in [0.25, 0.3) is 11.4 Å². The largest absolute Gasteiger partial charge is 0.390 e. The van der Waals surface area contributed by atoms with Gasteiger partial charge in [0.2, 0.25) is 0 Å². The Morgan fingerprint density at radius 2 is 1.94 bits per heavy atom. The first-order chi connectivity index (χ1) is 8.47. The van der Waals surface area contributed by atoms with Crippen LogP contribution in [-0.4, -0.2) is 25.9 Å². The minimum absolute atomic E-state index is 0.172. The zero-order chi connectivity index (χ0) is 13.2. The van der Waals surface area contributed by atoms with E-state index in [1.165, 1.54) is 4.57 Å². The average molecular weight is 274 g/mol. The number of nitrogens with one attached hydrogen (secondary N) is 1. The Kier molecular flexibility index (Phi) is 3.46. The molecule has 0 saturated carbocycles. The molecule has 0 spiro atoms. The molecule has 0 aromatic carbocycles. The lowest BCUT2D eigenvalue weighted by molar-refractivity contribution is -0.136. The number of pyridine rings is 1. The maximum Gasteiger partial charge on any atom is 0.390 e. The second-order valence-corrected chi connectivity index (χ2v) is 3.99. The molecule has 0 aliphatic carbocycles. The number of hydrogen-bond donors (Lipinski definition) is 1. The van der Waals surface area contributed by atoms with Gasteiger partial charge in [-0.05, 0) is 24.4 Å². The molecule has 0 aliphatic heterocycles. The predicted octanol–water partition coefficient (Wildman–Crippen LogP) is 2.96. The summed E-state index contributed by atoms with van der Waals surface area (Å²) in [6.07, 6.45) is -2.08. The molecule has 4 nitrogen and oxygen atoms in total. The van der Waals surface area contributed by atoms with Gasteiger partial charge in [0, 0.05) is 24.5 Å². The highest BCUT2D eigenvalue weighted by atomic mass is 32.1. The summed E-state index contributed by atoms with van der Waals surface area (Å²) in [4.78, 5) is 3.84. The predicted molar refractivity (Wildman–Crippen MR) is 61.3 cm³/mol. The van der Waals surface area contributed by atoms with E-state index in [0.717, 1.165) is 0 Å². The van der Waals surface area contributed by atoms with Crippen molar-refractivity contribution >= 4 is 12.2 Å². The lowest BCUT2D eigenvalue weighted by Gasteiger charge is -2.09. The van der Waals surface area contributed by atoms with E-state index in [0.29, 0.717) is 11.4 Å². The van der Waals surface area contributed by atoms with Gasteiger partial charge in [0.1, 0.15) is 0 Å². The molecule has 2 heterocycles. The topological polar surface area (TPSA) is 46.5 Å². The molecule has 0 atom stereocenters. The average Bonchev–Trinajstić information content (AvgIpc) is 2.68. The number of rotatable bonds is 3. The fraction of sp³-hybridized carbons (Fsp3) is 0.300. The van der Waals surface area contributed by atoms with Gasteiger partial charge in [0.25, 0.3) is 0 Å². The van der Waals surface area contributed by atoms with E-state index < -0.39 is 12.6 Å². The highest BCUT2D eigenvalue weighted by Crippen LogP contribution is 2.23. The van der Waals surface area contributed by atoms with E-state index in [1.54, 1.807) is 24.5 Å². The third kappa shape index (κ3) is 2.95. The lowest BCUT2D eigenvalue weighted by Crippen LogP contribution is -2.13. The van der Waals surface area contributed by atoms with Gasteiger partial charge < -0.3 is 0 Å². The molecule has 0 unspecified atom stereocenters. The number of nitrogens with zero attached hydrogens (tertiary/aromatic N) is 3. The van der Waals surface area contributed by atoms with Crippen LogP contribution < -0.4 is 0 Å². The summed E-state index contributed by atoms with van der Waals surface area (Å²) in [5.74, 6) is 0.381. The fourth-order valence-corrected chi connectivity index (χ4v) is 1.71. The first kappa shape index (κ1) is 12.7. The number of halogens is 3. The van der Waals surface area contributed by atoms with Gasteiger partial charge >= 0.3 is 6.18 Å². The van der Waals surface area contributed by atoms with Crippen LogP contribution in [0.4, 0.5) is 13.2 Å². The van der Waals surface area contributed by atoms with Crippen molar-refractivity contribution in [2.45, 2.75) is 19.1 Å². The van der Waals surface area contributed by atoms with Crippen molar-refractivity contribution in [3.8, 4) is 11.4 Å². The van der Waals surface area contributed by atoms with Crippen LogP contribution in [-0.2, 0) is 6.54 Å². The molecule has 0 radical (unpaired) electrons. The van der Waals surface area contributed by atoms with E-state index in [4.69, 9.17) is 12.2 Å². The maximum absolute atomic E-state index is 12.2. The SMILES string of the molecule is FC(F)(F)CCn1c(-c2ccncc2)n[nH]c1=S. The molecule has 8 heteroatoms. The number of H-pyrrole nitrogens is 1. The van der Waals surface area contributed by atoms with Gasteiger partial charge in [-0.3, -0.25) is 14.6 Å². The van der Waals surface area contributed by atoms with E-state index in [9.17, 15) is 13.2 Å². The van der Waals surface area contributed by atoms with Crippen molar-refractivity contribution in [3.63, 3.8) is 0 Å². The highest BCUT2D eigenvalue weighted by molar-refractivity contribution is 7.71. The summed E-state index contributed by atoms with van der Waals surface area (Å²) < 4.78 is 38.2. The van der Waals surface area contributed by atoms with Crippen molar-refractivity contribution in [2.24, 2.45) is 0 Å². The fourth-order valence-electron chi connectivity index (χ4n) is 1.49. The molecule has 2 aromatic heterocycles. The van der Waals surface area contributed by atoms with E-state index >= 15 is 0 Å². The Labute approximate surface area is 105 Å². The number of aromatic nitrogens is 4. The molecular weight excluding hydrogens is 265 g/mol. The van der Waals surface area contributed by atoms with Gasteiger partial charge in [0.05, 0.1) is 6.42 Å². The van der Waals surface area contributed by atoms with E-state index in [2.05, 4.69) is 15.2 Å². The van der Waals surface area contributed by atoms with Gasteiger partial charge in [-0.25, -0.2) is 0 Å². The van der Waals surface area contributed by atoms with Crippen LogP contribution in [0.5, 0.6) is 0 Å². The van der Waals surface area contributed by atoms with Gasteiger partial charge in [-0.2, -0.15) is 18.3 Å². The summed E-state index contributed by atoms with van der Waals surface area (Å²) in [7, 11) is 0. The molecule has 0 amide bonds. The lowest BCUT2D eigenvalue weighted by atomic mass is 10.2. The molecule has 2 rings (SSSR count). The van der Waals surface area contributed by atoms with Crippen LogP contribution in [0, 0.1) is 4.77 Å². The molecular formula is C10H9F3N4S. The summed E-state index contributed by atoms with van der Waals surface area (Å²) in [6.45, 7) is -0.253. The third-order valence-corrected chi connectivity index (χ3v) is 2.63. The molecule has 0 saturated heterocycles. The van der Waals surface area contributed by atoms with Gasteiger partial charge in [-0.15, -0.1) is 0 Å². The molecule has 1 N–H and O–H groups in total. The van der Waals surface area contributed by atoms with Crippen LogP contribution in [0.2, 0.25) is 0 Å². The van der Waals surface area contributed by atoms with Crippen LogP contribution in [0.1, 0.15) is 6.42 Å². The summed E-state index contributed by atoms with van der Waals surface area (Å²) in [5.41, 5.74) is 0.666. The third-order valence-electron chi connectivity index (χ3n) is 2.32. The first-order valence-electron chi connectivity index (χ1n) is 5.10. The molecule has 0 fully saturated rings. The smallest absolute Gasteiger partial charge is 0.300 e. The second-order valence-electron chi connectivity index (χ2n) is 3.61. The quantitative estimate of drug-likeness (QED) is 0.875. The zero-order valence-electron chi connectivity index (χ0n) is 9.11. The zero-order valence-corrected chi connectivity index (χ0v) is 9.92. The molecule has 18 heavy (non-hydrogen) atoms. The number of aromatic amines is 1. The maximum atomic E-state index is 12.2. The summed E-state index contributed by atoms with van der Waals surface area (Å²) in [5, 5.41) is 6.44. The molecule has 96 valence electrons. The normalized spacial score (nSPS) is 11.7. The van der Waals surface area contributed by atoms with Gasteiger partial charge in [-0.1, -0.05) is 0 Å². The molecule has 0 bridgehead atoms. The van der Waals surface area contributed by atoms with Crippen molar-refractivity contribution in [2.75, 3.05) is 0 Å². The van der Waals surface area contributed by atoms with E-state index in [-0.39, 0.29) is 11.3 Å². The minimum Gasteiger partial charge on any atom is -0.300 e. The Balaban J connectivity index is 2.31.